The van der Waals surface area contributed by atoms with E-state index in [1.807, 2.05) is 24.3 Å². The Hall–Kier alpha value is -0.560. The SMILES string of the molecule is O=CC(c1ccc(Br)cc1)S(=O)CC1CCC2(CC1)OCCO2. The summed E-state index contributed by atoms with van der Waals surface area (Å²) in [6.07, 6.45) is 4.42. The average Bonchev–Trinajstić information content (AvgIpc) is 3.01. The van der Waals surface area contributed by atoms with Crippen LogP contribution in [0.4, 0.5) is 0 Å². The summed E-state index contributed by atoms with van der Waals surface area (Å²) in [6, 6.07) is 7.47. The Bertz CT molecular complexity index is 558. The number of ether oxygens (including phenoxy) is 2. The fourth-order valence-electron chi connectivity index (χ4n) is 3.35. The van der Waals surface area contributed by atoms with Gasteiger partial charge in [0.1, 0.15) is 11.5 Å². The molecule has 2 fully saturated rings. The van der Waals surface area contributed by atoms with Crippen molar-refractivity contribution in [1.82, 2.24) is 0 Å². The van der Waals surface area contributed by atoms with Gasteiger partial charge in [0.15, 0.2) is 5.79 Å². The third kappa shape index (κ3) is 4.10. The highest BCUT2D eigenvalue weighted by atomic mass is 79.9. The Balaban J connectivity index is 1.57. The summed E-state index contributed by atoms with van der Waals surface area (Å²) in [6.45, 7) is 1.35. The van der Waals surface area contributed by atoms with Crippen molar-refractivity contribution in [1.29, 1.82) is 0 Å². The molecule has 1 aromatic rings. The second-order valence-electron chi connectivity index (χ2n) is 6.21. The van der Waals surface area contributed by atoms with Crippen LogP contribution >= 0.6 is 15.9 Å². The third-order valence-electron chi connectivity index (χ3n) is 4.69. The van der Waals surface area contributed by atoms with E-state index in [0.29, 0.717) is 24.9 Å². The minimum Gasteiger partial charge on any atom is -0.348 e. The lowest BCUT2D eigenvalue weighted by molar-refractivity contribution is -0.181. The van der Waals surface area contributed by atoms with Crippen LogP contribution < -0.4 is 0 Å². The normalized spacial score (nSPS) is 23.7. The van der Waals surface area contributed by atoms with Gasteiger partial charge in [-0.15, -0.1) is 0 Å². The second kappa shape index (κ2) is 7.55. The van der Waals surface area contributed by atoms with Crippen molar-refractivity contribution >= 4 is 33.0 Å². The Morgan fingerprint density at radius 1 is 1.22 bits per heavy atom. The van der Waals surface area contributed by atoms with Crippen molar-refractivity contribution in [2.45, 2.75) is 36.7 Å². The minimum atomic E-state index is -1.19. The van der Waals surface area contributed by atoms with Crippen LogP contribution in [0.3, 0.4) is 0 Å². The molecular formula is C17H21BrO4S. The molecule has 0 amide bonds. The predicted molar refractivity (Wildman–Crippen MR) is 92.5 cm³/mol. The summed E-state index contributed by atoms with van der Waals surface area (Å²) in [5.74, 6) is 0.552. The highest BCUT2D eigenvalue weighted by Crippen LogP contribution is 2.39. The maximum absolute atomic E-state index is 12.6. The Labute approximate surface area is 147 Å². The molecule has 2 atom stereocenters. The molecular weight excluding hydrogens is 380 g/mol. The van der Waals surface area contributed by atoms with Gasteiger partial charge in [0.2, 0.25) is 0 Å². The molecule has 23 heavy (non-hydrogen) atoms. The molecule has 2 unspecified atom stereocenters. The predicted octanol–water partition coefficient (Wildman–Crippen LogP) is 3.37. The minimum absolute atomic E-state index is 0.368. The van der Waals surface area contributed by atoms with Crippen LogP contribution in [0.1, 0.15) is 36.5 Å². The zero-order chi connectivity index (χ0) is 16.3. The van der Waals surface area contributed by atoms with Gasteiger partial charge >= 0.3 is 0 Å². The lowest BCUT2D eigenvalue weighted by Crippen LogP contribution is -2.36. The number of carbonyl (C=O) groups excluding carboxylic acids is 1. The zero-order valence-corrected chi connectivity index (χ0v) is 15.3. The van der Waals surface area contributed by atoms with Gasteiger partial charge in [0.25, 0.3) is 0 Å². The first-order valence-corrected chi connectivity index (χ1v) is 10.2. The van der Waals surface area contributed by atoms with Gasteiger partial charge in [0.05, 0.1) is 13.2 Å². The van der Waals surface area contributed by atoms with Crippen molar-refractivity contribution in [2.75, 3.05) is 19.0 Å². The molecule has 1 aromatic carbocycles. The number of rotatable bonds is 5. The first-order valence-electron chi connectivity index (χ1n) is 7.98. The number of halogens is 1. The fraction of sp³-hybridized carbons (Fsp3) is 0.588. The summed E-state index contributed by atoms with van der Waals surface area (Å²) in [5, 5.41) is -0.544. The molecule has 6 heteroatoms. The monoisotopic (exact) mass is 400 g/mol. The molecule has 1 aliphatic heterocycles. The number of benzene rings is 1. The molecule has 0 aromatic heterocycles. The Morgan fingerprint density at radius 2 is 1.83 bits per heavy atom. The van der Waals surface area contributed by atoms with Crippen molar-refractivity contribution < 1.29 is 18.5 Å². The van der Waals surface area contributed by atoms with E-state index in [0.717, 1.165) is 42.0 Å². The van der Waals surface area contributed by atoms with Crippen molar-refractivity contribution in [3.05, 3.63) is 34.3 Å². The van der Waals surface area contributed by atoms with Gasteiger partial charge in [-0.1, -0.05) is 28.1 Å². The summed E-state index contributed by atoms with van der Waals surface area (Å²) < 4.78 is 25.0. The van der Waals surface area contributed by atoms with E-state index in [1.54, 1.807) is 0 Å². The number of carbonyl (C=O) groups is 1. The first kappa shape index (κ1) is 17.3. The van der Waals surface area contributed by atoms with E-state index in [4.69, 9.17) is 9.47 Å². The van der Waals surface area contributed by atoms with E-state index in [9.17, 15) is 9.00 Å². The van der Waals surface area contributed by atoms with Crippen LogP contribution in [0, 0.1) is 5.92 Å². The van der Waals surface area contributed by atoms with Crippen molar-refractivity contribution in [2.24, 2.45) is 5.92 Å². The van der Waals surface area contributed by atoms with Gasteiger partial charge in [0, 0.05) is 33.9 Å². The molecule has 126 valence electrons. The maximum atomic E-state index is 12.6. The summed E-state index contributed by atoms with van der Waals surface area (Å²) in [4.78, 5) is 11.4. The van der Waals surface area contributed by atoms with Crippen LogP contribution in [0.5, 0.6) is 0 Å². The van der Waals surface area contributed by atoms with Gasteiger partial charge in [-0.3, -0.25) is 4.21 Å². The average molecular weight is 401 g/mol. The summed E-state index contributed by atoms with van der Waals surface area (Å²) >= 11 is 3.37. The molecule has 1 aliphatic carbocycles. The van der Waals surface area contributed by atoms with Crippen LogP contribution in [0.15, 0.2) is 28.7 Å². The molecule has 1 saturated heterocycles. The summed E-state index contributed by atoms with van der Waals surface area (Å²) in [5.41, 5.74) is 0.816. The van der Waals surface area contributed by atoms with E-state index in [2.05, 4.69) is 15.9 Å². The Kier molecular flexibility index (Phi) is 5.67. The molecule has 0 radical (unpaired) electrons. The molecule has 0 bridgehead atoms. The van der Waals surface area contributed by atoms with Crippen LogP contribution in [-0.4, -0.2) is 35.2 Å². The second-order valence-corrected chi connectivity index (χ2v) is 8.72. The van der Waals surface area contributed by atoms with Crippen LogP contribution in [0.2, 0.25) is 0 Å². The standard InChI is InChI=1S/C17H21BrO4S/c18-15-3-1-14(2-4-15)16(11-19)23(20)12-13-5-7-17(8-6-13)21-9-10-22-17/h1-4,11,13,16H,5-10,12H2. The van der Waals surface area contributed by atoms with Gasteiger partial charge in [-0.25, -0.2) is 0 Å². The van der Waals surface area contributed by atoms with Crippen LogP contribution in [-0.2, 0) is 25.1 Å². The smallest absolute Gasteiger partial charge is 0.168 e. The van der Waals surface area contributed by atoms with E-state index >= 15 is 0 Å². The van der Waals surface area contributed by atoms with Crippen molar-refractivity contribution in [3.8, 4) is 0 Å². The third-order valence-corrected chi connectivity index (χ3v) is 6.96. The van der Waals surface area contributed by atoms with Crippen molar-refractivity contribution in [3.63, 3.8) is 0 Å². The first-order chi connectivity index (χ1) is 11.1. The van der Waals surface area contributed by atoms with Gasteiger partial charge in [-0.05, 0) is 36.5 Å². The lowest BCUT2D eigenvalue weighted by atomic mass is 9.86. The van der Waals surface area contributed by atoms with E-state index in [1.165, 1.54) is 0 Å². The van der Waals surface area contributed by atoms with E-state index < -0.39 is 16.0 Å². The molecule has 1 spiro atoms. The molecule has 2 aliphatic rings. The largest absolute Gasteiger partial charge is 0.348 e. The Morgan fingerprint density at radius 3 is 2.39 bits per heavy atom. The molecule has 3 rings (SSSR count). The molecule has 0 N–H and O–H groups in total. The van der Waals surface area contributed by atoms with E-state index in [-0.39, 0.29) is 5.79 Å². The van der Waals surface area contributed by atoms with Crippen LogP contribution in [0.25, 0.3) is 0 Å². The topological polar surface area (TPSA) is 52.6 Å². The molecule has 4 nitrogen and oxygen atoms in total. The highest BCUT2D eigenvalue weighted by molar-refractivity contribution is 9.10. The highest BCUT2D eigenvalue weighted by Gasteiger charge is 2.40. The van der Waals surface area contributed by atoms with Gasteiger partial charge in [-0.2, -0.15) is 0 Å². The fourth-order valence-corrected chi connectivity index (χ4v) is 5.20. The lowest BCUT2D eigenvalue weighted by Gasteiger charge is -2.35. The summed E-state index contributed by atoms with van der Waals surface area (Å²) in [7, 11) is -1.19. The quantitative estimate of drug-likeness (QED) is 0.710. The zero-order valence-electron chi connectivity index (χ0n) is 12.9. The number of hydrogen-bond donors (Lipinski definition) is 0. The number of aldehydes is 1. The molecule has 1 heterocycles. The molecule has 1 saturated carbocycles. The van der Waals surface area contributed by atoms with Gasteiger partial charge < -0.3 is 14.3 Å². The maximum Gasteiger partial charge on any atom is 0.168 e. The number of hydrogen-bond acceptors (Lipinski definition) is 4.